The quantitative estimate of drug-likeness (QED) is 0.477. The Hall–Kier alpha value is -2.49. The van der Waals surface area contributed by atoms with Crippen molar-refractivity contribution in [2.75, 3.05) is 19.7 Å². The highest BCUT2D eigenvalue weighted by molar-refractivity contribution is 7.89. The second kappa shape index (κ2) is 9.55. The maximum Gasteiger partial charge on any atom is 0.320 e. The molecular formula is C21H29N3O5S. The summed E-state index contributed by atoms with van der Waals surface area (Å²) < 4.78 is 29.8. The molecule has 9 heteroatoms. The lowest BCUT2D eigenvalue weighted by Crippen LogP contribution is -2.40. The van der Waals surface area contributed by atoms with Gasteiger partial charge in [0.1, 0.15) is 0 Å². The van der Waals surface area contributed by atoms with E-state index in [1.165, 1.54) is 12.1 Å². The van der Waals surface area contributed by atoms with Crippen LogP contribution in [0.5, 0.6) is 0 Å². The third-order valence-electron chi connectivity index (χ3n) is 4.87. The number of hydrogen-bond donors (Lipinski definition) is 1. The Bertz CT molecular complexity index is 1020. The first-order valence-electron chi connectivity index (χ1n) is 9.70. The number of ketones is 1. The minimum Gasteiger partial charge on any atom is -0.465 e. The molecule has 0 saturated heterocycles. The number of sulfonamides is 1. The zero-order valence-electron chi connectivity index (χ0n) is 18.0. The largest absolute Gasteiger partial charge is 0.465 e. The molecule has 0 fully saturated rings. The molecule has 1 heterocycles. The van der Waals surface area contributed by atoms with E-state index in [0.717, 1.165) is 17.1 Å². The molecule has 0 atom stereocenters. The van der Waals surface area contributed by atoms with Crippen molar-refractivity contribution in [2.45, 2.75) is 45.6 Å². The predicted molar refractivity (Wildman–Crippen MR) is 114 cm³/mol. The number of ether oxygens (including phenoxy) is 1. The fourth-order valence-corrected chi connectivity index (χ4v) is 3.81. The molecule has 8 nitrogen and oxygen atoms in total. The molecular weight excluding hydrogens is 406 g/mol. The Morgan fingerprint density at radius 2 is 1.73 bits per heavy atom. The molecule has 2 N–H and O–H groups in total. The highest BCUT2D eigenvalue weighted by Gasteiger charge is 2.22. The summed E-state index contributed by atoms with van der Waals surface area (Å²) >= 11 is 0. The van der Waals surface area contributed by atoms with E-state index in [0.29, 0.717) is 12.2 Å². The number of esters is 1. The van der Waals surface area contributed by atoms with E-state index < -0.39 is 10.0 Å². The van der Waals surface area contributed by atoms with Gasteiger partial charge in [-0.2, -0.15) is 0 Å². The van der Waals surface area contributed by atoms with Gasteiger partial charge in [-0.15, -0.1) is 0 Å². The van der Waals surface area contributed by atoms with Crippen molar-refractivity contribution in [3.05, 3.63) is 47.3 Å². The van der Waals surface area contributed by atoms with Crippen molar-refractivity contribution in [3.8, 4) is 5.69 Å². The van der Waals surface area contributed by atoms with Crippen molar-refractivity contribution in [2.24, 2.45) is 5.14 Å². The number of hydrogen-bond acceptors (Lipinski definition) is 6. The van der Waals surface area contributed by atoms with Crippen molar-refractivity contribution in [1.82, 2.24) is 9.47 Å². The van der Waals surface area contributed by atoms with Gasteiger partial charge in [-0.05, 0) is 65.0 Å². The molecule has 0 saturated carbocycles. The number of carbonyl (C=O) groups excluding carboxylic acids is 2. The van der Waals surface area contributed by atoms with Gasteiger partial charge in [0.15, 0.2) is 5.78 Å². The summed E-state index contributed by atoms with van der Waals surface area (Å²) in [5.41, 5.74) is 2.85. The minimum absolute atomic E-state index is 0.00685. The number of rotatable bonds is 9. The Kier molecular flexibility index (Phi) is 7.57. The number of carbonyl (C=O) groups is 2. The van der Waals surface area contributed by atoms with Crippen LogP contribution in [0.3, 0.4) is 0 Å². The second-order valence-electron chi connectivity index (χ2n) is 7.39. The fourth-order valence-electron chi connectivity index (χ4n) is 3.29. The summed E-state index contributed by atoms with van der Waals surface area (Å²) in [5, 5.41) is 5.16. The summed E-state index contributed by atoms with van der Waals surface area (Å²) in [5.74, 6) is -0.465. The highest BCUT2D eigenvalue weighted by atomic mass is 32.2. The van der Waals surface area contributed by atoms with E-state index in [1.807, 2.05) is 32.3 Å². The first kappa shape index (κ1) is 23.8. The second-order valence-corrected chi connectivity index (χ2v) is 8.95. The van der Waals surface area contributed by atoms with E-state index in [4.69, 9.17) is 9.88 Å². The van der Waals surface area contributed by atoms with E-state index in [9.17, 15) is 18.0 Å². The maximum absolute atomic E-state index is 13.0. The average molecular weight is 436 g/mol. The molecule has 0 aliphatic rings. The van der Waals surface area contributed by atoms with Gasteiger partial charge in [-0.25, -0.2) is 13.6 Å². The van der Waals surface area contributed by atoms with Gasteiger partial charge in [0.25, 0.3) is 0 Å². The Morgan fingerprint density at radius 1 is 1.13 bits per heavy atom. The van der Waals surface area contributed by atoms with E-state index >= 15 is 0 Å². The number of nitrogens with zero attached hydrogens (tertiary/aromatic N) is 2. The van der Waals surface area contributed by atoms with Gasteiger partial charge in [0, 0.05) is 28.7 Å². The highest BCUT2D eigenvalue weighted by Crippen LogP contribution is 2.23. The van der Waals surface area contributed by atoms with Crippen LogP contribution in [-0.2, 0) is 19.6 Å². The van der Waals surface area contributed by atoms with Crippen LogP contribution >= 0.6 is 0 Å². The van der Waals surface area contributed by atoms with Crippen LogP contribution in [0.25, 0.3) is 5.69 Å². The predicted octanol–water partition coefficient (Wildman–Crippen LogP) is 2.20. The lowest BCUT2D eigenvalue weighted by atomic mass is 10.1. The Morgan fingerprint density at radius 3 is 2.23 bits per heavy atom. The molecule has 0 radical (unpaired) electrons. The van der Waals surface area contributed by atoms with Crippen LogP contribution in [0.4, 0.5) is 0 Å². The van der Waals surface area contributed by atoms with Gasteiger partial charge < -0.3 is 9.30 Å². The fraction of sp³-hybridized carbons (Fsp3) is 0.429. The van der Waals surface area contributed by atoms with Gasteiger partial charge in [0.05, 0.1) is 24.6 Å². The summed E-state index contributed by atoms with van der Waals surface area (Å²) in [6.45, 7) is 9.72. The first-order chi connectivity index (χ1) is 14.0. The van der Waals surface area contributed by atoms with E-state index in [-0.39, 0.29) is 35.8 Å². The molecule has 0 unspecified atom stereocenters. The zero-order valence-corrected chi connectivity index (χ0v) is 18.8. The van der Waals surface area contributed by atoms with Crippen molar-refractivity contribution >= 4 is 21.8 Å². The van der Waals surface area contributed by atoms with E-state index in [2.05, 4.69) is 0 Å². The number of nitrogens with two attached hydrogens (primary N) is 1. The number of benzene rings is 1. The summed E-state index contributed by atoms with van der Waals surface area (Å²) in [7, 11) is -3.77. The van der Waals surface area contributed by atoms with Crippen LogP contribution in [0.1, 0.15) is 42.5 Å². The lowest BCUT2D eigenvalue weighted by molar-refractivity contribution is -0.144. The third-order valence-corrected chi connectivity index (χ3v) is 5.80. The van der Waals surface area contributed by atoms with Crippen LogP contribution in [0.2, 0.25) is 0 Å². The van der Waals surface area contributed by atoms with Gasteiger partial charge in [-0.3, -0.25) is 14.5 Å². The monoisotopic (exact) mass is 435 g/mol. The zero-order chi connectivity index (χ0) is 22.6. The number of primary sulfonamides is 1. The smallest absolute Gasteiger partial charge is 0.320 e. The van der Waals surface area contributed by atoms with Crippen LogP contribution in [-0.4, -0.2) is 55.4 Å². The molecule has 2 rings (SSSR count). The Balaban J connectivity index is 2.29. The van der Waals surface area contributed by atoms with Crippen LogP contribution in [0, 0.1) is 13.8 Å². The minimum atomic E-state index is -3.77. The van der Waals surface area contributed by atoms with Gasteiger partial charge >= 0.3 is 5.97 Å². The number of Topliss-reactive ketones (excluding diaryl/α,β-unsaturated/α-hetero) is 1. The molecule has 30 heavy (non-hydrogen) atoms. The molecule has 0 aliphatic carbocycles. The van der Waals surface area contributed by atoms with Crippen molar-refractivity contribution < 1.29 is 22.7 Å². The summed E-state index contributed by atoms with van der Waals surface area (Å²) in [6, 6.07) is 7.96. The van der Waals surface area contributed by atoms with Crippen molar-refractivity contribution in [1.29, 1.82) is 0 Å². The van der Waals surface area contributed by atoms with Crippen LogP contribution in [0.15, 0.2) is 35.2 Å². The third kappa shape index (κ3) is 5.56. The lowest BCUT2D eigenvalue weighted by Gasteiger charge is -2.24. The average Bonchev–Trinajstić information content (AvgIpc) is 2.95. The van der Waals surface area contributed by atoms with Crippen LogP contribution < -0.4 is 5.14 Å². The molecule has 0 aliphatic heterocycles. The molecule has 1 aromatic carbocycles. The standard InChI is InChI=1S/C21H29N3O5S/c1-6-29-21(26)13-23(14(2)3)12-20(25)19-11-15(4)24(16(19)5)17-7-9-18(10-8-17)30(22,27)28/h7-11,14H,6,12-13H2,1-5H3,(H2,22,27,28). The molecule has 0 spiro atoms. The molecule has 164 valence electrons. The normalized spacial score (nSPS) is 11.9. The van der Waals surface area contributed by atoms with Crippen molar-refractivity contribution in [3.63, 3.8) is 0 Å². The summed E-state index contributed by atoms with van der Waals surface area (Å²) in [6.07, 6.45) is 0. The number of aryl methyl sites for hydroxylation is 1. The van der Waals surface area contributed by atoms with Gasteiger partial charge in [0.2, 0.25) is 10.0 Å². The first-order valence-corrected chi connectivity index (χ1v) is 11.2. The SMILES string of the molecule is CCOC(=O)CN(CC(=O)c1cc(C)n(-c2ccc(S(N)(=O)=O)cc2)c1C)C(C)C. The topological polar surface area (TPSA) is 112 Å². The van der Waals surface area contributed by atoms with E-state index in [1.54, 1.807) is 30.0 Å². The Labute approximate surface area is 177 Å². The molecule has 0 bridgehead atoms. The summed E-state index contributed by atoms with van der Waals surface area (Å²) in [4.78, 5) is 26.6. The molecule has 2 aromatic rings. The molecule has 1 aromatic heterocycles. The maximum atomic E-state index is 13.0. The number of aromatic nitrogens is 1. The molecule has 0 amide bonds. The van der Waals surface area contributed by atoms with Gasteiger partial charge in [-0.1, -0.05) is 0 Å².